The molecule has 1 fully saturated rings. The smallest absolute Gasteiger partial charge is 0.224 e. The molecule has 1 aliphatic rings. The molecule has 1 aliphatic carbocycles. The number of fused-ring (bicyclic) bond motifs is 1. The fourth-order valence-corrected chi connectivity index (χ4v) is 3.88. The predicted molar refractivity (Wildman–Crippen MR) is 98.4 cm³/mol. The van der Waals surface area contributed by atoms with Crippen molar-refractivity contribution in [2.75, 3.05) is 0 Å². The third kappa shape index (κ3) is 3.82. The van der Waals surface area contributed by atoms with Gasteiger partial charge in [0.1, 0.15) is 5.58 Å². The lowest BCUT2D eigenvalue weighted by Gasteiger charge is -2.16. The van der Waals surface area contributed by atoms with Crippen molar-refractivity contribution in [1.29, 1.82) is 0 Å². The molecule has 3 nitrogen and oxygen atoms in total. The lowest BCUT2D eigenvalue weighted by molar-refractivity contribution is -0.121. The van der Waals surface area contributed by atoms with Gasteiger partial charge in [0.2, 0.25) is 5.91 Å². The second kappa shape index (κ2) is 7.42. The summed E-state index contributed by atoms with van der Waals surface area (Å²) >= 11 is 0. The van der Waals surface area contributed by atoms with Crippen LogP contribution < -0.4 is 5.32 Å². The number of aryl methyl sites for hydroxylation is 1. The lowest BCUT2D eigenvalue weighted by Crippen LogP contribution is -2.35. The third-order valence-electron chi connectivity index (χ3n) is 5.24. The Bertz CT molecular complexity index is 706. The maximum absolute atomic E-state index is 12.5. The topological polar surface area (TPSA) is 42.2 Å². The van der Waals surface area contributed by atoms with Crippen molar-refractivity contribution in [3.8, 4) is 0 Å². The Labute approximate surface area is 144 Å². The van der Waals surface area contributed by atoms with Gasteiger partial charge in [0.25, 0.3) is 0 Å². The molecular weight excluding hydrogens is 298 g/mol. The molecule has 1 N–H and O–H groups in total. The number of furan rings is 1. The minimum atomic E-state index is 0.122. The van der Waals surface area contributed by atoms with E-state index in [4.69, 9.17) is 4.42 Å². The number of amides is 1. The molecular formula is C21H29NO2. The van der Waals surface area contributed by atoms with E-state index in [0.717, 1.165) is 29.4 Å². The van der Waals surface area contributed by atoms with E-state index in [-0.39, 0.29) is 5.91 Å². The van der Waals surface area contributed by atoms with Gasteiger partial charge in [-0.25, -0.2) is 0 Å². The molecule has 0 bridgehead atoms. The van der Waals surface area contributed by atoms with Gasteiger partial charge in [0.05, 0.1) is 12.7 Å². The van der Waals surface area contributed by atoms with Crippen molar-refractivity contribution < 1.29 is 9.21 Å². The van der Waals surface area contributed by atoms with E-state index >= 15 is 0 Å². The highest BCUT2D eigenvalue weighted by Gasteiger charge is 2.17. The first-order valence-electron chi connectivity index (χ1n) is 9.34. The van der Waals surface area contributed by atoms with Gasteiger partial charge in [-0.1, -0.05) is 39.5 Å². The molecule has 0 unspecified atom stereocenters. The van der Waals surface area contributed by atoms with Gasteiger partial charge in [-0.3, -0.25) is 4.79 Å². The summed E-state index contributed by atoms with van der Waals surface area (Å²) in [6.07, 6.45) is 9.47. The molecule has 1 amide bonds. The van der Waals surface area contributed by atoms with Gasteiger partial charge in [0, 0.05) is 17.0 Å². The number of carbonyl (C=O) groups excluding carboxylic acids is 1. The predicted octanol–water partition coefficient (Wildman–Crippen LogP) is 5.25. The molecule has 3 rings (SSSR count). The molecule has 1 aromatic carbocycles. The van der Waals surface area contributed by atoms with Gasteiger partial charge >= 0.3 is 0 Å². The minimum absolute atomic E-state index is 0.122. The van der Waals surface area contributed by atoms with Crippen LogP contribution in [0.3, 0.4) is 0 Å². The zero-order valence-corrected chi connectivity index (χ0v) is 15.2. The van der Waals surface area contributed by atoms with Crippen LogP contribution in [0, 0.1) is 6.92 Å². The zero-order valence-electron chi connectivity index (χ0n) is 15.2. The molecule has 130 valence electrons. The SMILES string of the molecule is Cc1cc2occ(CC(=O)NC3CCCCCC3)c2cc1C(C)C. The monoisotopic (exact) mass is 327 g/mol. The van der Waals surface area contributed by atoms with Gasteiger partial charge in [-0.15, -0.1) is 0 Å². The van der Waals surface area contributed by atoms with Crippen LogP contribution in [0.1, 0.15) is 75.0 Å². The largest absolute Gasteiger partial charge is 0.464 e. The lowest BCUT2D eigenvalue weighted by atomic mass is 9.95. The van der Waals surface area contributed by atoms with Crippen LogP contribution in [0.2, 0.25) is 0 Å². The van der Waals surface area contributed by atoms with E-state index in [1.54, 1.807) is 6.26 Å². The Kier molecular flexibility index (Phi) is 5.27. The summed E-state index contributed by atoms with van der Waals surface area (Å²) in [7, 11) is 0. The minimum Gasteiger partial charge on any atom is -0.464 e. The Hall–Kier alpha value is -1.77. The average Bonchev–Trinajstić information content (AvgIpc) is 2.73. The Morgan fingerprint density at radius 2 is 1.92 bits per heavy atom. The van der Waals surface area contributed by atoms with Crippen LogP contribution in [0.25, 0.3) is 11.0 Å². The van der Waals surface area contributed by atoms with Crippen LogP contribution >= 0.6 is 0 Å². The third-order valence-corrected chi connectivity index (χ3v) is 5.24. The van der Waals surface area contributed by atoms with Crippen LogP contribution in [-0.2, 0) is 11.2 Å². The maximum atomic E-state index is 12.5. The molecule has 0 saturated heterocycles. The second-order valence-corrected chi connectivity index (χ2v) is 7.55. The summed E-state index contributed by atoms with van der Waals surface area (Å²) in [6.45, 7) is 6.52. The number of hydrogen-bond acceptors (Lipinski definition) is 2. The summed E-state index contributed by atoms with van der Waals surface area (Å²) in [6, 6.07) is 4.65. The molecule has 2 aromatic rings. The first-order chi connectivity index (χ1) is 11.5. The standard InChI is InChI=1S/C21H29NO2/c1-14(2)18-12-19-16(13-24-20(19)10-15(18)3)11-21(23)22-17-8-6-4-5-7-9-17/h10,12-14,17H,4-9,11H2,1-3H3,(H,22,23). The number of rotatable bonds is 4. The fraction of sp³-hybridized carbons (Fsp3) is 0.571. The van der Waals surface area contributed by atoms with Crippen LogP contribution in [0.15, 0.2) is 22.8 Å². The molecule has 1 saturated carbocycles. The number of hydrogen-bond donors (Lipinski definition) is 1. The second-order valence-electron chi connectivity index (χ2n) is 7.55. The molecule has 0 aliphatic heterocycles. The Morgan fingerprint density at radius 1 is 1.21 bits per heavy atom. The van der Waals surface area contributed by atoms with Crippen molar-refractivity contribution in [2.45, 2.75) is 77.7 Å². The highest BCUT2D eigenvalue weighted by Crippen LogP contribution is 2.29. The highest BCUT2D eigenvalue weighted by molar-refractivity contribution is 5.88. The highest BCUT2D eigenvalue weighted by atomic mass is 16.3. The fourth-order valence-electron chi connectivity index (χ4n) is 3.88. The van der Waals surface area contributed by atoms with Crippen molar-refractivity contribution in [1.82, 2.24) is 5.32 Å². The molecule has 3 heteroatoms. The molecule has 24 heavy (non-hydrogen) atoms. The number of benzene rings is 1. The quantitative estimate of drug-likeness (QED) is 0.780. The first kappa shape index (κ1) is 17.1. The van der Waals surface area contributed by atoms with E-state index < -0.39 is 0 Å². The Balaban J connectivity index is 1.74. The molecule has 0 spiro atoms. The average molecular weight is 327 g/mol. The van der Waals surface area contributed by atoms with E-state index in [1.807, 2.05) is 0 Å². The summed E-state index contributed by atoms with van der Waals surface area (Å²) in [5.41, 5.74) is 4.46. The van der Waals surface area contributed by atoms with Gasteiger partial charge in [-0.05, 0) is 48.9 Å². The first-order valence-corrected chi connectivity index (χ1v) is 9.34. The number of carbonyl (C=O) groups is 1. The molecule has 0 atom stereocenters. The van der Waals surface area contributed by atoms with Crippen molar-refractivity contribution in [2.24, 2.45) is 0 Å². The van der Waals surface area contributed by atoms with E-state index in [2.05, 4.69) is 38.2 Å². The zero-order chi connectivity index (χ0) is 17.1. The Morgan fingerprint density at radius 3 is 2.58 bits per heavy atom. The molecule has 1 heterocycles. The van der Waals surface area contributed by atoms with Crippen LogP contribution in [-0.4, -0.2) is 11.9 Å². The van der Waals surface area contributed by atoms with Crippen LogP contribution in [0.5, 0.6) is 0 Å². The van der Waals surface area contributed by atoms with Gasteiger partial charge in [0.15, 0.2) is 0 Å². The van der Waals surface area contributed by atoms with Crippen molar-refractivity contribution in [3.05, 3.63) is 35.1 Å². The maximum Gasteiger partial charge on any atom is 0.224 e. The van der Waals surface area contributed by atoms with Crippen molar-refractivity contribution >= 4 is 16.9 Å². The summed E-state index contributed by atoms with van der Waals surface area (Å²) in [4.78, 5) is 12.5. The van der Waals surface area contributed by atoms with Crippen LogP contribution in [0.4, 0.5) is 0 Å². The van der Waals surface area contributed by atoms with E-state index in [1.165, 1.54) is 36.8 Å². The molecule has 0 radical (unpaired) electrons. The van der Waals surface area contributed by atoms with E-state index in [0.29, 0.717) is 18.4 Å². The summed E-state index contributed by atoms with van der Waals surface area (Å²) in [5.74, 6) is 0.591. The normalized spacial score (nSPS) is 16.5. The van der Waals surface area contributed by atoms with Gasteiger partial charge in [-0.2, -0.15) is 0 Å². The van der Waals surface area contributed by atoms with Crippen molar-refractivity contribution in [3.63, 3.8) is 0 Å². The van der Waals surface area contributed by atoms with Gasteiger partial charge < -0.3 is 9.73 Å². The summed E-state index contributed by atoms with van der Waals surface area (Å²) in [5, 5.41) is 4.31. The van der Waals surface area contributed by atoms with E-state index in [9.17, 15) is 4.79 Å². The molecule has 1 aromatic heterocycles. The summed E-state index contributed by atoms with van der Waals surface area (Å²) < 4.78 is 5.70. The number of nitrogens with one attached hydrogen (secondary N) is 1.